The zero-order valence-electron chi connectivity index (χ0n) is 11.1. The molecule has 2 aromatic carbocycles. The number of benzene rings is 2. The Morgan fingerprint density at radius 1 is 1.20 bits per heavy atom. The predicted molar refractivity (Wildman–Crippen MR) is 73.9 cm³/mol. The molecule has 0 amide bonds. The van der Waals surface area contributed by atoms with E-state index in [1.54, 1.807) is 19.2 Å². The lowest BCUT2D eigenvalue weighted by molar-refractivity contribution is -0.143. The van der Waals surface area contributed by atoms with E-state index in [1.165, 1.54) is 0 Å². The van der Waals surface area contributed by atoms with Gasteiger partial charge in [-0.25, -0.2) is 4.79 Å². The molecule has 1 unspecified atom stereocenters. The van der Waals surface area contributed by atoms with Crippen LogP contribution in [0, 0.1) is 0 Å². The van der Waals surface area contributed by atoms with Crippen molar-refractivity contribution in [2.45, 2.75) is 6.10 Å². The number of aliphatic hydroxyl groups is 1. The van der Waals surface area contributed by atoms with Crippen LogP contribution in [0.2, 0.25) is 0 Å². The van der Waals surface area contributed by atoms with E-state index in [0.717, 1.165) is 16.5 Å². The zero-order valence-corrected chi connectivity index (χ0v) is 11.1. The van der Waals surface area contributed by atoms with Crippen molar-refractivity contribution in [1.82, 2.24) is 0 Å². The number of carbonyl (C=O) groups is 1. The van der Waals surface area contributed by atoms with Gasteiger partial charge in [0.25, 0.3) is 0 Å². The molecule has 0 aromatic heterocycles. The maximum absolute atomic E-state index is 10.4. The summed E-state index contributed by atoms with van der Waals surface area (Å²) in [7, 11) is 1.59. The van der Waals surface area contributed by atoms with Crippen LogP contribution in [0.3, 0.4) is 0 Å². The Morgan fingerprint density at radius 2 is 1.90 bits per heavy atom. The maximum Gasteiger partial charge on any atom is 0.329 e. The lowest BCUT2D eigenvalue weighted by atomic mass is 10.00. The van der Waals surface area contributed by atoms with Crippen LogP contribution in [-0.2, 0) is 9.53 Å². The van der Waals surface area contributed by atoms with Gasteiger partial charge in [0, 0.05) is 5.39 Å². The summed E-state index contributed by atoms with van der Waals surface area (Å²) < 4.78 is 10.2. The number of ether oxygens (including phenoxy) is 2. The summed E-state index contributed by atoms with van der Waals surface area (Å²) in [5.74, 6) is -0.334. The van der Waals surface area contributed by atoms with Crippen LogP contribution in [0.4, 0.5) is 0 Å². The normalized spacial score (nSPS) is 12.3. The maximum atomic E-state index is 10.4. The Labute approximate surface area is 116 Å². The number of carboxylic acids is 1. The van der Waals surface area contributed by atoms with Crippen molar-refractivity contribution in [3.8, 4) is 5.75 Å². The summed E-state index contributed by atoms with van der Waals surface area (Å²) in [5.41, 5.74) is 0.687. The molecule has 1 atom stereocenters. The predicted octanol–water partition coefficient (Wildman–Crippen LogP) is 1.98. The molecule has 0 saturated carbocycles. The highest BCUT2D eigenvalue weighted by molar-refractivity contribution is 5.91. The molecule has 0 heterocycles. The first-order chi connectivity index (χ1) is 9.63. The smallest absolute Gasteiger partial charge is 0.329 e. The van der Waals surface area contributed by atoms with Crippen molar-refractivity contribution in [1.29, 1.82) is 0 Å². The van der Waals surface area contributed by atoms with E-state index in [2.05, 4.69) is 0 Å². The number of aliphatic hydroxyl groups excluding tert-OH is 1. The van der Waals surface area contributed by atoms with Gasteiger partial charge in [-0.15, -0.1) is 0 Å². The van der Waals surface area contributed by atoms with E-state index in [4.69, 9.17) is 14.6 Å². The molecular weight excluding hydrogens is 260 g/mol. The van der Waals surface area contributed by atoms with Gasteiger partial charge < -0.3 is 19.7 Å². The third-order valence-electron chi connectivity index (χ3n) is 3.00. The van der Waals surface area contributed by atoms with Crippen LogP contribution < -0.4 is 4.74 Å². The quantitative estimate of drug-likeness (QED) is 0.843. The standard InChI is InChI=1S/C15H16O5/c1-19-14-7-6-11(10-4-2-3-5-12(10)14)13(16)8-20-9-15(17)18/h2-7,13,16H,8-9H2,1H3,(H,17,18). The largest absolute Gasteiger partial charge is 0.496 e. The van der Waals surface area contributed by atoms with Gasteiger partial charge in [-0.3, -0.25) is 0 Å². The Morgan fingerprint density at radius 3 is 2.55 bits per heavy atom. The molecule has 0 saturated heterocycles. The Kier molecular flexibility index (Phi) is 4.55. The molecule has 0 radical (unpaired) electrons. The number of methoxy groups -OCH3 is 1. The molecule has 0 aliphatic rings. The second kappa shape index (κ2) is 6.36. The van der Waals surface area contributed by atoms with Crippen LogP contribution in [0.5, 0.6) is 5.75 Å². The van der Waals surface area contributed by atoms with Crippen molar-refractivity contribution in [2.75, 3.05) is 20.3 Å². The Hall–Kier alpha value is -2.11. The fourth-order valence-electron chi connectivity index (χ4n) is 2.11. The van der Waals surface area contributed by atoms with E-state index in [1.807, 2.05) is 24.3 Å². The second-order valence-corrected chi connectivity index (χ2v) is 4.33. The van der Waals surface area contributed by atoms with Crippen molar-refractivity contribution in [3.63, 3.8) is 0 Å². The number of hydrogen-bond donors (Lipinski definition) is 2. The van der Waals surface area contributed by atoms with E-state index in [0.29, 0.717) is 5.56 Å². The molecule has 2 aromatic rings. The summed E-state index contributed by atoms with van der Waals surface area (Å²) in [6, 6.07) is 11.1. The first kappa shape index (κ1) is 14.3. The minimum atomic E-state index is -1.06. The SMILES string of the molecule is COc1ccc(C(O)COCC(=O)O)c2ccccc12. The van der Waals surface area contributed by atoms with Gasteiger partial charge in [0.15, 0.2) is 0 Å². The Bertz CT molecular complexity index is 608. The first-order valence-electron chi connectivity index (χ1n) is 6.16. The van der Waals surface area contributed by atoms with E-state index >= 15 is 0 Å². The van der Waals surface area contributed by atoms with Gasteiger partial charge in [0.05, 0.1) is 13.7 Å². The first-order valence-corrected chi connectivity index (χ1v) is 6.16. The highest BCUT2D eigenvalue weighted by Crippen LogP contribution is 2.31. The third-order valence-corrected chi connectivity index (χ3v) is 3.00. The van der Waals surface area contributed by atoms with Crippen molar-refractivity contribution >= 4 is 16.7 Å². The van der Waals surface area contributed by atoms with Crippen LogP contribution in [-0.4, -0.2) is 36.5 Å². The van der Waals surface area contributed by atoms with Gasteiger partial charge >= 0.3 is 5.97 Å². The van der Waals surface area contributed by atoms with Crippen LogP contribution in [0.15, 0.2) is 36.4 Å². The van der Waals surface area contributed by atoms with E-state index in [9.17, 15) is 9.90 Å². The zero-order chi connectivity index (χ0) is 14.5. The molecule has 106 valence electrons. The highest BCUT2D eigenvalue weighted by Gasteiger charge is 2.14. The summed E-state index contributed by atoms with van der Waals surface area (Å²) in [4.78, 5) is 10.4. The van der Waals surface area contributed by atoms with Gasteiger partial charge in [-0.2, -0.15) is 0 Å². The fraction of sp³-hybridized carbons (Fsp3) is 0.267. The van der Waals surface area contributed by atoms with Crippen molar-refractivity contribution in [3.05, 3.63) is 42.0 Å². The molecule has 5 nitrogen and oxygen atoms in total. The number of carboxylic acid groups (broad SMARTS) is 1. The minimum absolute atomic E-state index is 0.0668. The summed E-state index contributed by atoms with van der Waals surface area (Å²) >= 11 is 0. The Balaban J connectivity index is 2.28. The molecule has 0 aliphatic heterocycles. The van der Waals surface area contributed by atoms with Crippen LogP contribution in [0.25, 0.3) is 10.8 Å². The average Bonchev–Trinajstić information content (AvgIpc) is 2.45. The molecule has 0 aliphatic carbocycles. The van der Waals surface area contributed by atoms with Gasteiger partial charge in [0.1, 0.15) is 18.5 Å². The number of hydrogen-bond acceptors (Lipinski definition) is 4. The lowest BCUT2D eigenvalue weighted by Gasteiger charge is -2.15. The van der Waals surface area contributed by atoms with Gasteiger partial charge in [-0.1, -0.05) is 30.3 Å². The molecule has 20 heavy (non-hydrogen) atoms. The molecule has 2 rings (SSSR count). The van der Waals surface area contributed by atoms with Gasteiger partial charge in [0.2, 0.25) is 0 Å². The van der Waals surface area contributed by atoms with Crippen LogP contribution >= 0.6 is 0 Å². The average molecular weight is 276 g/mol. The molecule has 0 fully saturated rings. The molecule has 0 spiro atoms. The van der Waals surface area contributed by atoms with Crippen LogP contribution in [0.1, 0.15) is 11.7 Å². The fourth-order valence-corrected chi connectivity index (χ4v) is 2.11. The summed E-state index contributed by atoms with van der Waals surface area (Å²) in [6.45, 7) is -0.492. The number of fused-ring (bicyclic) bond motifs is 1. The monoisotopic (exact) mass is 276 g/mol. The van der Waals surface area contributed by atoms with Crippen molar-refractivity contribution in [2.24, 2.45) is 0 Å². The number of aliphatic carboxylic acids is 1. The summed E-state index contributed by atoms with van der Waals surface area (Å²) in [6.07, 6.45) is -0.884. The highest BCUT2D eigenvalue weighted by atomic mass is 16.5. The minimum Gasteiger partial charge on any atom is -0.496 e. The molecule has 2 N–H and O–H groups in total. The topological polar surface area (TPSA) is 76.0 Å². The molecule has 5 heteroatoms. The third kappa shape index (κ3) is 3.07. The second-order valence-electron chi connectivity index (χ2n) is 4.33. The lowest BCUT2D eigenvalue weighted by Crippen LogP contribution is -2.13. The van der Waals surface area contributed by atoms with Crippen molar-refractivity contribution < 1.29 is 24.5 Å². The van der Waals surface area contributed by atoms with Gasteiger partial charge in [-0.05, 0) is 17.0 Å². The molecular formula is C15H16O5. The van der Waals surface area contributed by atoms with E-state index in [-0.39, 0.29) is 6.61 Å². The molecule has 0 bridgehead atoms. The summed E-state index contributed by atoms with van der Waals surface area (Å²) in [5, 5.41) is 20.4. The number of rotatable bonds is 6. The van der Waals surface area contributed by atoms with E-state index < -0.39 is 18.7 Å².